The van der Waals surface area contributed by atoms with Crippen molar-refractivity contribution in [2.24, 2.45) is 5.92 Å². The van der Waals surface area contributed by atoms with Crippen LogP contribution in [0, 0.1) is 5.92 Å². The maximum absolute atomic E-state index is 2.70. The van der Waals surface area contributed by atoms with Gasteiger partial charge in [0.15, 0.2) is 0 Å². The van der Waals surface area contributed by atoms with E-state index in [9.17, 15) is 0 Å². The Bertz CT molecular complexity index is 264. The number of nitrogens with zero attached hydrogens (tertiary/aromatic N) is 1. The van der Waals surface area contributed by atoms with E-state index in [0.29, 0.717) is 0 Å². The maximum atomic E-state index is 2.70. The van der Waals surface area contributed by atoms with Gasteiger partial charge in [0.25, 0.3) is 0 Å². The zero-order valence-electron chi connectivity index (χ0n) is 8.08. The minimum atomic E-state index is 0.799. The van der Waals surface area contributed by atoms with Crippen molar-refractivity contribution in [3.63, 3.8) is 0 Å². The van der Waals surface area contributed by atoms with Gasteiger partial charge in [0.2, 0.25) is 0 Å². The van der Waals surface area contributed by atoms with Crippen LogP contribution in [-0.2, 0) is 0 Å². The molecule has 0 bridgehead atoms. The highest BCUT2D eigenvalue weighted by atomic mass is 15.2. The lowest BCUT2D eigenvalue weighted by Gasteiger charge is -2.45. The van der Waals surface area contributed by atoms with E-state index in [0.717, 1.165) is 12.0 Å². The molecule has 2 aliphatic heterocycles. The predicted molar refractivity (Wildman–Crippen MR) is 54.5 cm³/mol. The Hall–Kier alpha value is -0.560. The third-order valence-electron chi connectivity index (χ3n) is 3.75. The molecular weight excluding hydrogens is 158 g/mol. The molecule has 13 heavy (non-hydrogen) atoms. The number of piperidine rings is 1. The van der Waals surface area contributed by atoms with E-state index in [1.54, 1.807) is 5.57 Å². The van der Waals surface area contributed by atoms with Crippen LogP contribution in [0.25, 0.3) is 0 Å². The van der Waals surface area contributed by atoms with Crippen molar-refractivity contribution < 1.29 is 0 Å². The summed E-state index contributed by atoms with van der Waals surface area (Å²) in [5, 5.41) is 0. The average molecular weight is 175 g/mol. The standard InChI is InChI=1S/C12H17N/c1-4-10-6-2-8-13-9-3-7-11(5-1)12(10)13/h1,4,6,11-12H,2-3,5,7-9H2. The van der Waals surface area contributed by atoms with Gasteiger partial charge in [0.1, 0.15) is 0 Å². The minimum absolute atomic E-state index is 0.799. The van der Waals surface area contributed by atoms with Gasteiger partial charge < -0.3 is 0 Å². The summed E-state index contributed by atoms with van der Waals surface area (Å²) >= 11 is 0. The molecule has 0 spiro atoms. The molecule has 1 fully saturated rings. The van der Waals surface area contributed by atoms with Gasteiger partial charge in [0.05, 0.1) is 0 Å². The zero-order chi connectivity index (χ0) is 8.67. The molecule has 2 atom stereocenters. The first-order chi connectivity index (χ1) is 6.45. The summed E-state index contributed by atoms with van der Waals surface area (Å²) < 4.78 is 0. The Morgan fingerprint density at radius 1 is 1.31 bits per heavy atom. The monoisotopic (exact) mass is 175 g/mol. The molecule has 0 amide bonds. The summed E-state index contributed by atoms with van der Waals surface area (Å²) in [7, 11) is 0. The van der Waals surface area contributed by atoms with E-state index >= 15 is 0 Å². The Labute approximate surface area is 80.1 Å². The molecule has 0 radical (unpaired) electrons. The fourth-order valence-corrected chi connectivity index (χ4v) is 3.20. The Balaban J connectivity index is 1.98. The van der Waals surface area contributed by atoms with E-state index in [1.807, 2.05) is 0 Å². The molecule has 0 aromatic carbocycles. The molecule has 0 saturated carbocycles. The summed E-state index contributed by atoms with van der Waals surface area (Å²) in [5.41, 5.74) is 1.61. The normalized spacial score (nSPS) is 38.3. The molecule has 1 aliphatic carbocycles. The fraction of sp³-hybridized carbons (Fsp3) is 0.667. The second-order valence-electron chi connectivity index (χ2n) is 4.51. The summed E-state index contributed by atoms with van der Waals surface area (Å²) in [6.07, 6.45) is 12.6. The van der Waals surface area contributed by atoms with Crippen molar-refractivity contribution in [3.8, 4) is 0 Å². The van der Waals surface area contributed by atoms with E-state index in [4.69, 9.17) is 0 Å². The van der Waals surface area contributed by atoms with Gasteiger partial charge in [-0.15, -0.1) is 0 Å². The minimum Gasteiger partial charge on any atom is -0.296 e. The lowest BCUT2D eigenvalue weighted by atomic mass is 9.77. The summed E-state index contributed by atoms with van der Waals surface area (Å²) in [5.74, 6) is 0.935. The Morgan fingerprint density at radius 2 is 2.31 bits per heavy atom. The van der Waals surface area contributed by atoms with E-state index in [-0.39, 0.29) is 0 Å². The molecule has 2 unspecified atom stereocenters. The van der Waals surface area contributed by atoms with Gasteiger partial charge in [-0.3, -0.25) is 4.90 Å². The lowest BCUT2D eigenvalue weighted by Crippen LogP contribution is -2.48. The maximum Gasteiger partial charge on any atom is 0.0376 e. The van der Waals surface area contributed by atoms with E-state index in [1.165, 1.54) is 38.8 Å². The first-order valence-corrected chi connectivity index (χ1v) is 5.56. The van der Waals surface area contributed by atoms with Gasteiger partial charge in [-0.2, -0.15) is 0 Å². The summed E-state index contributed by atoms with van der Waals surface area (Å²) in [4.78, 5) is 2.70. The summed E-state index contributed by atoms with van der Waals surface area (Å²) in [6, 6.07) is 0.799. The number of hydrogen-bond acceptors (Lipinski definition) is 1. The fourth-order valence-electron chi connectivity index (χ4n) is 3.20. The van der Waals surface area contributed by atoms with Crippen LogP contribution in [0.15, 0.2) is 23.8 Å². The quantitative estimate of drug-likeness (QED) is 0.546. The SMILES string of the molecule is C1=CC2=CCCN3CCCC(C1)C23. The Kier molecular flexibility index (Phi) is 1.79. The predicted octanol–water partition coefficient (Wildman–Crippen LogP) is 2.36. The molecule has 0 N–H and O–H groups in total. The zero-order valence-corrected chi connectivity index (χ0v) is 8.08. The van der Waals surface area contributed by atoms with Crippen LogP contribution in [0.2, 0.25) is 0 Å². The number of allylic oxidation sites excluding steroid dienone is 1. The van der Waals surface area contributed by atoms with Crippen molar-refractivity contribution in [3.05, 3.63) is 23.8 Å². The second kappa shape index (κ2) is 2.98. The van der Waals surface area contributed by atoms with Crippen LogP contribution in [0.4, 0.5) is 0 Å². The second-order valence-corrected chi connectivity index (χ2v) is 4.51. The Morgan fingerprint density at radius 3 is 3.31 bits per heavy atom. The summed E-state index contributed by atoms with van der Waals surface area (Å²) in [6.45, 7) is 2.64. The van der Waals surface area contributed by atoms with Gasteiger partial charge in [-0.05, 0) is 43.7 Å². The smallest absolute Gasteiger partial charge is 0.0376 e. The van der Waals surface area contributed by atoms with Gasteiger partial charge in [0, 0.05) is 12.6 Å². The molecule has 2 heterocycles. The van der Waals surface area contributed by atoms with Crippen molar-refractivity contribution in [2.45, 2.75) is 31.7 Å². The number of hydrogen-bond donors (Lipinski definition) is 0. The topological polar surface area (TPSA) is 3.24 Å². The first kappa shape index (κ1) is 7.81. The molecule has 70 valence electrons. The lowest BCUT2D eigenvalue weighted by molar-refractivity contribution is 0.111. The van der Waals surface area contributed by atoms with Crippen molar-refractivity contribution in [1.82, 2.24) is 4.90 Å². The van der Waals surface area contributed by atoms with Crippen molar-refractivity contribution >= 4 is 0 Å². The van der Waals surface area contributed by atoms with Gasteiger partial charge in [-0.25, -0.2) is 0 Å². The van der Waals surface area contributed by atoms with Crippen LogP contribution >= 0.6 is 0 Å². The molecular formula is C12H17N. The van der Waals surface area contributed by atoms with Gasteiger partial charge in [-0.1, -0.05) is 18.2 Å². The van der Waals surface area contributed by atoms with E-state index < -0.39 is 0 Å². The largest absolute Gasteiger partial charge is 0.296 e. The van der Waals surface area contributed by atoms with Crippen LogP contribution in [-0.4, -0.2) is 24.0 Å². The molecule has 1 saturated heterocycles. The van der Waals surface area contributed by atoms with Crippen LogP contribution < -0.4 is 0 Å². The van der Waals surface area contributed by atoms with Crippen LogP contribution in [0.1, 0.15) is 25.7 Å². The van der Waals surface area contributed by atoms with Gasteiger partial charge >= 0.3 is 0 Å². The molecule has 3 rings (SSSR count). The third kappa shape index (κ3) is 1.18. The molecule has 1 nitrogen and oxygen atoms in total. The van der Waals surface area contributed by atoms with Crippen molar-refractivity contribution in [1.29, 1.82) is 0 Å². The molecule has 3 aliphatic rings. The van der Waals surface area contributed by atoms with Crippen LogP contribution in [0.3, 0.4) is 0 Å². The average Bonchev–Trinajstić information content (AvgIpc) is 2.19. The van der Waals surface area contributed by atoms with E-state index in [2.05, 4.69) is 23.1 Å². The number of rotatable bonds is 0. The third-order valence-corrected chi connectivity index (χ3v) is 3.75. The van der Waals surface area contributed by atoms with Crippen LogP contribution in [0.5, 0.6) is 0 Å². The molecule has 0 aromatic heterocycles. The van der Waals surface area contributed by atoms with Crippen molar-refractivity contribution in [2.75, 3.05) is 13.1 Å². The molecule has 0 aromatic rings. The highest BCUT2D eigenvalue weighted by Gasteiger charge is 2.35. The first-order valence-electron chi connectivity index (χ1n) is 5.56. The highest BCUT2D eigenvalue weighted by Crippen LogP contribution is 2.37. The highest BCUT2D eigenvalue weighted by molar-refractivity contribution is 5.31. The molecule has 1 heteroatoms.